The van der Waals surface area contributed by atoms with Gasteiger partial charge < -0.3 is 0 Å². The van der Waals surface area contributed by atoms with E-state index in [1.54, 1.807) is 0 Å². The molecule has 0 saturated carbocycles. The van der Waals surface area contributed by atoms with Gasteiger partial charge in [0.15, 0.2) is 0 Å². The predicted molar refractivity (Wildman–Crippen MR) is 102 cm³/mol. The Bertz CT molecular complexity index is 743. The Labute approximate surface area is 155 Å². The molecule has 0 aliphatic rings. The number of rotatable bonds is 9. The number of carbonyl (C=O) groups excluding carboxylic acids is 2. The molecule has 0 bridgehead atoms. The first kappa shape index (κ1) is 19.4. The smallest absolute Gasteiger partial charge is 0.261 e. The zero-order valence-electron chi connectivity index (χ0n) is 14.4. The molecule has 0 unspecified atom stereocenters. The molecule has 0 saturated heterocycles. The minimum absolute atomic E-state index is 0.411. The van der Waals surface area contributed by atoms with E-state index in [9.17, 15) is 14.5 Å². The lowest BCUT2D eigenvalue weighted by molar-refractivity contribution is -0.125. The summed E-state index contributed by atoms with van der Waals surface area (Å²) < 4.78 is 0. The summed E-state index contributed by atoms with van der Waals surface area (Å²) in [6.45, 7) is -0.823. The van der Waals surface area contributed by atoms with Crippen molar-refractivity contribution in [2.24, 2.45) is 15.5 Å². The van der Waals surface area contributed by atoms with Crippen LogP contribution in [0.4, 0.5) is 0 Å². The molecule has 9 nitrogen and oxygen atoms in total. The number of hydrogen-bond donors (Lipinski definition) is 2. The number of hydrazone groups is 2. The fraction of sp³-hybridized carbons (Fsp3) is 0.111. The third-order valence-electron chi connectivity index (χ3n) is 3.17. The van der Waals surface area contributed by atoms with E-state index in [0.717, 1.165) is 16.1 Å². The molecular weight excluding hydrogens is 348 g/mol. The molecule has 0 fully saturated rings. The van der Waals surface area contributed by atoms with Gasteiger partial charge in [0, 0.05) is 0 Å². The maximum absolute atomic E-state index is 11.8. The van der Waals surface area contributed by atoms with Crippen molar-refractivity contribution in [3.8, 4) is 0 Å². The monoisotopic (exact) mass is 366 g/mol. The van der Waals surface area contributed by atoms with Crippen LogP contribution in [-0.4, -0.2) is 42.3 Å². The van der Waals surface area contributed by atoms with Gasteiger partial charge in [0.2, 0.25) is 0 Å². The summed E-state index contributed by atoms with van der Waals surface area (Å²) in [6.07, 6.45) is 2.92. The number of benzene rings is 2. The van der Waals surface area contributed by atoms with Crippen LogP contribution in [0.3, 0.4) is 0 Å². The van der Waals surface area contributed by atoms with Gasteiger partial charge in [0.1, 0.15) is 13.1 Å². The van der Waals surface area contributed by atoms with E-state index in [-0.39, 0.29) is 0 Å². The molecule has 0 spiro atoms. The number of nitrogens with zero attached hydrogens (tertiary/aromatic N) is 4. The van der Waals surface area contributed by atoms with Gasteiger partial charge in [0.25, 0.3) is 11.8 Å². The van der Waals surface area contributed by atoms with E-state index in [0.29, 0.717) is 0 Å². The van der Waals surface area contributed by atoms with Crippen LogP contribution in [0.25, 0.3) is 0 Å². The van der Waals surface area contributed by atoms with Crippen LogP contribution in [0.5, 0.6) is 0 Å². The highest BCUT2D eigenvalue weighted by Crippen LogP contribution is 1.94. The normalized spacial score (nSPS) is 10.7. The summed E-state index contributed by atoms with van der Waals surface area (Å²) in [4.78, 5) is 34.3. The van der Waals surface area contributed by atoms with Gasteiger partial charge in [-0.15, -0.1) is 4.91 Å². The first-order chi connectivity index (χ1) is 13.2. The van der Waals surface area contributed by atoms with Crippen LogP contribution < -0.4 is 10.9 Å². The van der Waals surface area contributed by atoms with Crippen LogP contribution in [0.15, 0.2) is 76.2 Å². The van der Waals surface area contributed by atoms with Crippen molar-refractivity contribution in [1.82, 2.24) is 15.9 Å². The molecule has 2 aromatic carbocycles. The van der Waals surface area contributed by atoms with Gasteiger partial charge in [0.05, 0.1) is 17.7 Å². The number of carbonyl (C=O) groups is 2. The van der Waals surface area contributed by atoms with Crippen molar-refractivity contribution >= 4 is 24.2 Å². The lowest BCUT2D eigenvalue weighted by atomic mass is 10.2. The average Bonchev–Trinajstić information content (AvgIpc) is 2.69. The fourth-order valence-corrected chi connectivity index (χ4v) is 1.95. The van der Waals surface area contributed by atoms with E-state index >= 15 is 0 Å². The Kier molecular flexibility index (Phi) is 7.83. The first-order valence-electron chi connectivity index (χ1n) is 7.99. The van der Waals surface area contributed by atoms with Gasteiger partial charge in [-0.1, -0.05) is 60.7 Å². The summed E-state index contributed by atoms with van der Waals surface area (Å²) >= 11 is 0. The lowest BCUT2D eigenvalue weighted by Crippen LogP contribution is -2.38. The van der Waals surface area contributed by atoms with Crippen molar-refractivity contribution in [1.29, 1.82) is 0 Å². The van der Waals surface area contributed by atoms with Crippen LogP contribution in [-0.2, 0) is 9.59 Å². The minimum atomic E-state index is -0.581. The number of hydrogen-bond acceptors (Lipinski definition) is 6. The van der Waals surface area contributed by atoms with Crippen molar-refractivity contribution in [3.05, 3.63) is 76.7 Å². The van der Waals surface area contributed by atoms with Crippen LogP contribution in [0, 0.1) is 4.91 Å². The Morgan fingerprint density at radius 3 is 1.56 bits per heavy atom. The molecule has 138 valence electrons. The minimum Gasteiger partial charge on any atom is -0.271 e. The van der Waals surface area contributed by atoms with Gasteiger partial charge in [-0.05, 0) is 11.1 Å². The Morgan fingerprint density at radius 1 is 0.778 bits per heavy atom. The van der Waals surface area contributed by atoms with Crippen molar-refractivity contribution in [2.75, 3.05) is 13.1 Å². The second kappa shape index (κ2) is 10.9. The van der Waals surface area contributed by atoms with Crippen molar-refractivity contribution in [2.45, 2.75) is 0 Å². The zero-order chi connectivity index (χ0) is 19.3. The van der Waals surface area contributed by atoms with Crippen molar-refractivity contribution < 1.29 is 9.59 Å². The quantitative estimate of drug-likeness (QED) is 0.395. The van der Waals surface area contributed by atoms with E-state index in [1.165, 1.54) is 12.4 Å². The van der Waals surface area contributed by atoms with Gasteiger partial charge in [-0.25, -0.2) is 15.9 Å². The van der Waals surface area contributed by atoms with E-state index in [4.69, 9.17) is 0 Å². The molecule has 27 heavy (non-hydrogen) atoms. The maximum atomic E-state index is 11.8. The summed E-state index contributed by atoms with van der Waals surface area (Å²) in [5.41, 5.74) is 6.13. The Morgan fingerprint density at radius 2 is 1.19 bits per heavy atom. The number of amides is 2. The van der Waals surface area contributed by atoms with Gasteiger partial charge in [-0.2, -0.15) is 10.2 Å². The molecule has 2 aromatic rings. The van der Waals surface area contributed by atoms with E-state index in [2.05, 4.69) is 26.3 Å². The summed E-state index contributed by atoms with van der Waals surface area (Å²) in [6, 6.07) is 18.3. The second-order valence-electron chi connectivity index (χ2n) is 5.31. The molecule has 0 atom stereocenters. The summed E-state index contributed by atoms with van der Waals surface area (Å²) in [7, 11) is 0. The topological polar surface area (TPSA) is 116 Å². The molecule has 0 aliphatic carbocycles. The molecule has 2 rings (SSSR count). The van der Waals surface area contributed by atoms with Crippen LogP contribution >= 0.6 is 0 Å². The second-order valence-corrected chi connectivity index (χ2v) is 5.31. The Balaban J connectivity index is 1.74. The Hall–Kier alpha value is -3.88. The molecule has 0 aromatic heterocycles. The number of nitrogens with one attached hydrogen (secondary N) is 2. The average molecular weight is 366 g/mol. The first-order valence-corrected chi connectivity index (χ1v) is 7.99. The maximum Gasteiger partial charge on any atom is 0.261 e. The van der Waals surface area contributed by atoms with Gasteiger partial charge >= 0.3 is 0 Å². The fourth-order valence-electron chi connectivity index (χ4n) is 1.95. The highest BCUT2D eigenvalue weighted by Gasteiger charge is 2.13. The zero-order valence-corrected chi connectivity index (χ0v) is 14.4. The molecule has 0 aliphatic heterocycles. The molecule has 9 heteroatoms. The summed E-state index contributed by atoms with van der Waals surface area (Å²) in [5, 5.41) is 11.0. The molecule has 0 radical (unpaired) electrons. The van der Waals surface area contributed by atoms with Crippen LogP contribution in [0.2, 0.25) is 0 Å². The summed E-state index contributed by atoms with van der Waals surface area (Å²) in [5.74, 6) is -1.16. The highest BCUT2D eigenvalue weighted by molar-refractivity contribution is 5.84. The largest absolute Gasteiger partial charge is 0.271 e. The standard InChI is InChI=1S/C18H18N6O3/c25-17(21-19-11-15-7-3-1-4-8-15)13-24(23-27)14-18(26)22-20-12-16-9-5-2-6-10-16/h1-12H,13-14H2,(H,21,25)(H,22,26). The van der Waals surface area contributed by atoms with Crippen molar-refractivity contribution in [3.63, 3.8) is 0 Å². The third kappa shape index (κ3) is 7.69. The number of nitroso groups, excluding NO2 is 1. The van der Waals surface area contributed by atoms with E-state index in [1.807, 2.05) is 60.7 Å². The van der Waals surface area contributed by atoms with Gasteiger partial charge in [-0.3, -0.25) is 9.59 Å². The van der Waals surface area contributed by atoms with E-state index < -0.39 is 24.9 Å². The molecule has 2 N–H and O–H groups in total. The molecule has 2 amide bonds. The van der Waals surface area contributed by atoms with Crippen LogP contribution in [0.1, 0.15) is 11.1 Å². The molecular formula is C18H18N6O3. The highest BCUT2D eigenvalue weighted by atomic mass is 16.3. The predicted octanol–water partition coefficient (Wildman–Crippen LogP) is 1.27. The lowest BCUT2D eigenvalue weighted by Gasteiger charge is -2.12. The molecule has 0 heterocycles. The third-order valence-corrected chi connectivity index (χ3v) is 3.17. The SMILES string of the molecule is O=NN(CC(=O)NN=Cc1ccccc1)CC(=O)NN=Cc1ccccc1.